The third kappa shape index (κ3) is 74.7. The van der Waals surface area contributed by atoms with Gasteiger partial charge in [0.15, 0.2) is 12.2 Å². The highest BCUT2D eigenvalue weighted by molar-refractivity contribution is 7.47. The summed E-state index contributed by atoms with van der Waals surface area (Å²) in [5.41, 5.74) is 0. The maximum Gasteiger partial charge on any atom is 0.472 e. The second-order valence-electron chi connectivity index (χ2n) is 25.5. The summed E-state index contributed by atoms with van der Waals surface area (Å²) in [6.07, 6.45) is 89.6. The van der Waals surface area contributed by atoms with Crippen LogP contribution in [0, 0.1) is 0 Å². The SMILES string of the molecule is CC/C=C\C/C=C\C/C=C\C/C=C\C/C=C\C/C=C\CCC(=O)OCC(COP(=O)(O)OCC(O)COP(=O)(O)OCC(COC(=O)CCCCCCCCC/C=C\C/C=C\C/C=C\CC)OC(=O)CCCCCCCCCCCCCCC)OC(=O)C/C=C\C/C=C\C/C=C\C/C=C\C/C=C\CC. The lowest BCUT2D eigenvalue weighted by Gasteiger charge is -2.21. The van der Waals surface area contributed by atoms with Crippen LogP contribution in [-0.4, -0.2) is 96.7 Å². The smallest absolute Gasteiger partial charge is 0.462 e. The molecule has 0 saturated heterocycles. The topological polar surface area (TPSA) is 237 Å². The Morgan fingerprint density at radius 1 is 0.288 bits per heavy atom. The van der Waals surface area contributed by atoms with Gasteiger partial charge >= 0.3 is 39.5 Å². The molecule has 5 atom stereocenters. The molecule has 0 amide bonds. The molecule has 0 aromatic heterocycles. The van der Waals surface area contributed by atoms with E-state index >= 15 is 0 Å². The molecule has 3 N–H and O–H groups in total. The summed E-state index contributed by atoms with van der Waals surface area (Å²) < 4.78 is 68.3. The molecule has 0 fully saturated rings. The lowest BCUT2D eigenvalue weighted by Crippen LogP contribution is -2.30. The van der Waals surface area contributed by atoms with E-state index in [1.165, 1.54) is 51.4 Å². The van der Waals surface area contributed by atoms with Gasteiger partial charge in [-0.3, -0.25) is 37.3 Å². The van der Waals surface area contributed by atoms with Crippen LogP contribution >= 0.6 is 15.6 Å². The Hall–Kier alpha value is -5.58. The lowest BCUT2D eigenvalue weighted by molar-refractivity contribution is -0.161. The number of allylic oxidation sites excluding steroid dienone is 27. The van der Waals surface area contributed by atoms with Gasteiger partial charge in [-0.1, -0.05) is 307 Å². The van der Waals surface area contributed by atoms with E-state index < -0.39 is 97.5 Å². The third-order valence-corrected chi connectivity index (χ3v) is 17.6. The molecule has 0 rings (SSSR count). The fourth-order valence-electron chi connectivity index (χ4n) is 9.87. The Balaban J connectivity index is 5.49. The van der Waals surface area contributed by atoms with Crippen molar-refractivity contribution >= 4 is 39.5 Å². The highest BCUT2D eigenvalue weighted by atomic mass is 31.2. The molecule has 0 aromatic rings. The zero-order valence-electron chi connectivity index (χ0n) is 64.4. The number of phosphoric acid groups is 2. The van der Waals surface area contributed by atoms with Gasteiger partial charge in [0.1, 0.15) is 19.3 Å². The number of carbonyl (C=O) groups is 4. The zero-order chi connectivity index (χ0) is 76.0. The first-order valence-electron chi connectivity index (χ1n) is 39.4. The van der Waals surface area contributed by atoms with E-state index in [0.29, 0.717) is 32.1 Å². The van der Waals surface area contributed by atoms with Gasteiger partial charge in [-0.2, -0.15) is 0 Å². The number of hydrogen-bond donors (Lipinski definition) is 3. The Bertz CT molecular complexity index is 2640. The maximum absolute atomic E-state index is 13.1. The summed E-state index contributed by atoms with van der Waals surface area (Å²) in [5, 5.41) is 10.6. The van der Waals surface area contributed by atoms with E-state index in [-0.39, 0.29) is 25.7 Å². The molecule has 0 aliphatic heterocycles. The third-order valence-electron chi connectivity index (χ3n) is 15.7. The van der Waals surface area contributed by atoms with Crippen molar-refractivity contribution in [3.05, 3.63) is 170 Å². The Morgan fingerprint density at radius 2 is 0.558 bits per heavy atom. The van der Waals surface area contributed by atoms with Gasteiger partial charge in [0, 0.05) is 19.3 Å². The van der Waals surface area contributed by atoms with Crippen LogP contribution < -0.4 is 0 Å². The maximum atomic E-state index is 13.1. The predicted octanol–water partition coefficient (Wildman–Crippen LogP) is 23.0. The average molecular weight is 1490 g/mol. The number of phosphoric ester groups is 2. The van der Waals surface area contributed by atoms with Gasteiger partial charge in [0.25, 0.3) is 0 Å². The standard InChI is InChI=1S/C85H138O17P2/c1-5-9-13-17-21-25-29-33-36-38-39-41-44-47-50-54-58-62-66-70-83(88)96-76-81(102-85(90)72-68-64-60-56-52-48-42-35-31-27-23-19-15-11-7-3)78-100-104(93,94)98-74-79(86)73-97-103(91,92)99-77-80(101-84(89)71-67-63-59-55-51-45-32-28-24-20-16-12-8-4)75-95-82(87)69-65-61-57-53-49-46-43-40-37-34-30-26-22-18-14-10-6-2/h9-11,13-15,21-23,25-27,33-37,39,41-42,47,50,52,56,58,62,64,68,79-81,86H,5-8,12,16-20,24,28-32,38,40,43-46,48-49,51,53-55,57,59-61,63,65-67,69-78H2,1-4H3,(H,91,92)(H,93,94)/b13-9-,14-10-,15-11-,25-21-,26-22-,27-23-,36-33-,37-34-,41-39-,42-35-,50-47-,56-52-,62-58-,68-64-. The first kappa shape index (κ1) is 98.4. The summed E-state index contributed by atoms with van der Waals surface area (Å²) in [6.45, 7) is 4.31. The first-order valence-corrected chi connectivity index (χ1v) is 42.4. The van der Waals surface area contributed by atoms with Crippen LogP contribution in [0.3, 0.4) is 0 Å². The van der Waals surface area contributed by atoms with Crippen molar-refractivity contribution < 1.29 is 80.2 Å². The van der Waals surface area contributed by atoms with Crippen molar-refractivity contribution in [3.63, 3.8) is 0 Å². The molecule has 0 spiro atoms. The minimum atomic E-state index is -5.02. The van der Waals surface area contributed by atoms with E-state index in [0.717, 1.165) is 148 Å². The molecule has 590 valence electrons. The number of esters is 4. The van der Waals surface area contributed by atoms with Crippen LogP contribution in [-0.2, 0) is 65.4 Å². The van der Waals surface area contributed by atoms with Crippen molar-refractivity contribution in [2.75, 3.05) is 39.6 Å². The van der Waals surface area contributed by atoms with Gasteiger partial charge < -0.3 is 33.8 Å². The quantitative estimate of drug-likeness (QED) is 0.0169. The minimum Gasteiger partial charge on any atom is -0.462 e. The van der Waals surface area contributed by atoms with E-state index in [2.05, 4.69) is 155 Å². The second kappa shape index (κ2) is 75.6. The molecule has 17 nitrogen and oxygen atoms in total. The van der Waals surface area contributed by atoms with Crippen molar-refractivity contribution in [2.45, 2.75) is 303 Å². The molecule has 19 heteroatoms. The van der Waals surface area contributed by atoms with Crippen molar-refractivity contribution in [1.82, 2.24) is 0 Å². The molecule has 0 saturated carbocycles. The van der Waals surface area contributed by atoms with Crippen LogP contribution in [0.5, 0.6) is 0 Å². The Morgan fingerprint density at radius 3 is 0.913 bits per heavy atom. The van der Waals surface area contributed by atoms with E-state index in [1.54, 1.807) is 12.2 Å². The summed E-state index contributed by atoms with van der Waals surface area (Å²) >= 11 is 0. The van der Waals surface area contributed by atoms with Crippen molar-refractivity contribution in [2.24, 2.45) is 0 Å². The average Bonchev–Trinajstić information content (AvgIpc) is 0.911. The van der Waals surface area contributed by atoms with Crippen LogP contribution in [0.15, 0.2) is 170 Å². The number of hydrogen-bond acceptors (Lipinski definition) is 15. The molecule has 0 aromatic carbocycles. The van der Waals surface area contributed by atoms with Gasteiger partial charge in [-0.25, -0.2) is 9.13 Å². The molecule has 0 heterocycles. The van der Waals surface area contributed by atoms with Crippen LogP contribution in [0.1, 0.15) is 285 Å². The fourth-order valence-corrected chi connectivity index (χ4v) is 11.4. The molecule has 0 radical (unpaired) electrons. The predicted molar refractivity (Wildman–Crippen MR) is 426 cm³/mol. The van der Waals surface area contributed by atoms with E-state index in [9.17, 15) is 43.2 Å². The largest absolute Gasteiger partial charge is 0.472 e. The summed E-state index contributed by atoms with van der Waals surface area (Å²) in [6, 6.07) is 0. The molecule has 5 unspecified atom stereocenters. The van der Waals surface area contributed by atoms with Gasteiger partial charge in [-0.05, 0) is 122 Å². The van der Waals surface area contributed by atoms with Gasteiger partial charge in [-0.15, -0.1) is 0 Å². The van der Waals surface area contributed by atoms with Crippen molar-refractivity contribution in [3.8, 4) is 0 Å². The molecular weight excluding hydrogens is 1350 g/mol. The van der Waals surface area contributed by atoms with Crippen LogP contribution in [0.2, 0.25) is 0 Å². The van der Waals surface area contributed by atoms with Crippen LogP contribution in [0.4, 0.5) is 0 Å². The number of rotatable bonds is 72. The second-order valence-corrected chi connectivity index (χ2v) is 28.4. The summed E-state index contributed by atoms with van der Waals surface area (Å²) in [5.74, 6) is -2.44. The Kier molecular flexibility index (Phi) is 71.6. The minimum absolute atomic E-state index is 0.0110. The molecular formula is C85H138O17P2. The fraction of sp³-hybridized carbons (Fsp3) is 0.624. The van der Waals surface area contributed by atoms with Crippen LogP contribution in [0.25, 0.3) is 0 Å². The molecule has 0 aliphatic rings. The number of unbranched alkanes of at least 4 members (excludes halogenated alkanes) is 19. The van der Waals surface area contributed by atoms with Gasteiger partial charge in [0.2, 0.25) is 0 Å². The van der Waals surface area contributed by atoms with Gasteiger partial charge in [0.05, 0.1) is 32.8 Å². The normalized spacial score (nSPS) is 14.8. The Labute approximate surface area is 629 Å². The number of ether oxygens (including phenoxy) is 4. The number of aliphatic hydroxyl groups is 1. The highest BCUT2D eigenvalue weighted by Crippen LogP contribution is 2.45. The summed E-state index contributed by atoms with van der Waals surface area (Å²) in [7, 11) is -10.0. The molecule has 0 bridgehead atoms. The van der Waals surface area contributed by atoms with E-state index in [1.807, 2.05) is 30.4 Å². The first-order chi connectivity index (χ1) is 50.7. The monoisotopic (exact) mass is 1490 g/mol. The molecule has 0 aliphatic carbocycles. The van der Waals surface area contributed by atoms with E-state index in [4.69, 9.17) is 37.0 Å². The van der Waals surface area contributed by atoms with Crippen molar-refractivity contribution in [1.29, 1.82) is 0 Å². The molecule has 104 heavy (non-hydrogen) atoms. The number of carbonyl (C=O) groups excluding carboxylic acids is 4. The zero-order valence-corrected chi connectivity index (χ0v) is 66.2. The lowest BCUT2D eigenvalue weighted by atomic mass is 10.0. The summed E-state index contributed by atoms with van der Waals surface area (Å²) in [4.78, 5) is 72.9. The highest BCUT2D eigenvalue weighted by Gasteiger charge is 2.30. The number of aliphatic hydroxyl groups excluding tert-OH is 1.